The van der Waals surface area contributed by atoms with Crippen LogP contribution in [-0.2, 0) is 6.54 Å². The van der Waals surface area contributed by atoms with Gasteiger partial charge in [0.1, 0.15) is 5.65 Å². The second-order valence-corrected chi connectivity index (χ2v) is 7.26. The van der Waals surface area contributed by atoms with E-state index in [2.05, 4.69) is 54.0 Å². The number of imidazole rings is 1. The van der Waals surface area contributed by atoms with Crippen molar-refractivity contribution >= 4 is 17.4 Å². The molecule has 0 aliphatic carbocycles. The van der Waals surface area contributed by atoms with E-state index in [-0.39, 0.29) is 6.03 Å². The van der Waals surface area contributed by atoms with Gasteiger partial charge in [-0.25, -0.2) is 9.78 Å². The molecule has 29 heavy (non-hydrogen) atoms. The topological polar surface area (TPSA) is 49.6 Å². The summed E-state index contributed by atoms with van der Waals surface area (Å²) in [5.74, 6) is 0. The molecule has 0 saturated carbocycles. The number of hydrogen-bond donors (Lipinski definition) is 1. The normalized spacial score (nSPS) is 10.9. The number of benzene rings is 2. The number of anilines is 1. The first kappa shape index (κ1) is 18.7. The Bertz CT molecular complexity index is 1150. The van der Waals surface area contributed by atoms with Crippen LogP contribution in [0.4, 0.5) is 10.5 Å². The van der Waals surface area contributed by atoms with Crippen molar-refractivity contribution in [3.05, 3.63) is 89.7 Å². The van der Waals surface area contributed by atoms with Crippen molar-refractivity contribution < 1.29 is 4.79 Å². The minimum Gasteiger partial charge on any atom is -0.332 e. The third kappa shape index (κ3) is 3.85. The molecule has 1 N–H and O–H groups in total. The minimum absolute atomic E-state index is 0.159. The lowest BCUT2D eigenvalue weighted by Crippen LogP contribution is -2.37. The van der Waals surface area contributed by atoms with E-state index in [0.29, 0.717) is 6.54 Å². The zero-order valence-corrected chi connectivity index (χ0v) is 16.9. The SMILES string of the molecule is Cc1ccc(-c2nc3ccc(C)cn3c2CNC(=O)N(C)c2ccccc2)cc1. The summed E-state index contributed by atoms with van der Waals surface area (Å²) in [7, 11) is 1.77. The monoisotopic (exact) mass is 384 g/mol. The van der Waals surface area contributed by atoms with E-state index in [1.165, 1.54) is 5.56 Å². The summed E-state index contributed by atoms with van der Waals surface area (Å²) in [6.07, 6.45) is 2.06. The van der Waals surface area contributed by atoms with Crippen LogP contribution in [-0.4, -0.2) is 22.5 Å². The van der Waals surface area contributed by atoms with Crippen LogP contribution >= 0.6 is 0 Å². The number of aryl methyl sites for hydroxylation is 2. The molecule has 0 aliphatic heterocycles. The van der Waals surface area contributed by atoms with E-state index in [9.17, 15) is 4.79 Å². The number of rotatable bonds is 4. The third-order valence-electron chi connectivity index (χ3n) is 5.05. The lowest BCUT2D eigenvalue weighted by atomic mass is 10.1. The second kappa shape index (κ2) is 7.80. The molecule has 0 saturated heterocycles. The lowest BCUT2D eigenvalue weighted by molar-refractivity contribution is 0.247. The fraction of sp³-hybridized carbons (Fsp3) is 0.167. The number of carbonyl (C=O) groups is 1. The van der Waals surface area contributed by atoms with Crippen LogP contribution in [0, 0.1) is 13.8 Å². The molecule has 2 aromatic carbocycles. The van der Waals surface area contributed by atoms with Crippen LogP contribution < -0.4 is 10.2 Å². The van der Waals surface area contributed by atoms with E-state index in [1.54, 1.807) is 11.9 Å². The Morgan fingerprint density at radius 1 is 0.966 bits per heavy atom. The van der Waals surface area contributed by atoms with E-state index < -0.39 is 0 Å². The molecule has 0 fully saturated rings. The van der Waals surface area contributed by atoms with Crippen molar-refractivity contribution in [2.45, 2.75) is 20.4 Å². The molecular formula is C24H24N4O. The van der Waals surface area contributed by atoms with Gasteiger partial charge in [0.2, 0.25) is 0 Å². The Morgan fingerprint density at radius 3 is 2.38 bits per heavy atom. The standard InChI is InChI=1S/C24H24N4O/c1-17-9-12-19(13-10-17)23-21(28-16-18(2)11-14-22(28)26-23)15-25-24(29)27(3)20-7-5-4-6-8-20/h4-14,16H,15H2,1-3H3,(H,25,29). The zero-order valence-electron chi connectivity index (χ0n) is 16.9. The molecular weight excluding hydrogens is 360 g/mol. The molecule has 0 atom stereocenters. The van der Waals surface area contributed by atoms with Crippen LogP contribution in [0.25, 0.3) is 16.9 Å². The first-order valence-electron chi connectivity index (χ1n) is 9.64. The first-order chi connectivity index (χ1) is 14.0. The van der Waals surface area contributed by atoms with Crippen LogP contribution in [0.15, 0.2) is 72.9 Å². The van der Waals surface area contributed by atoms with E-state index in [0.717, 1.165) is 33.8 Å². The molecule has 0 radical (unpaired) electrons. The molecule has 2 aromatic heterocycles. The van der Waals surface area contributed by atoms with Gasteiger partial charge in [-0.1, -0.05) is 54.1 Å². The van der Waals surface area contributed by atoms with Gasteiger partial charge in [0.05, 0.1) is 17.9 Å². The van der Waals surface area contributed by atoms with Gasteiger partial charge < -0.3 is 9.72 Å². The van der Waals surface area contributed by atoms with Gasteiger partial charge in [-0.15, -0.1) is 0 Å². The number of aromatic nitrogens is 2. The maximum absolute atomic E-state index is 12.7. The van der Waals surface area contributed by atoms with Crippen molar-refractivity contribution in [3.8, 4) is 11.3 Å². The van der Waals surface area contributed by atoms with E-state index >= 15 is 0 Å². The fourth-order valence-electron chi connectivity index (χ4n) is 3.36. The highest BCUT2D eigenvalue weighted by molar-refractivity contribution is 5.91. The number of para-hydroxylation sites is 1. The Morgan fingerprint density at radius 2 is 1.66 bits per heavy atom. The number of urea groups is 1. The summed E-state index contributed by atoms with van der Waals surface area (Å²) in [6.45, 7) is 4.50. The van der Waals surface area contributed by atoms with Crippen LogP contribution in [0.5, 0.6) is 0 Å². The average Bonchev–Trinajstić information content (AvgIpc) is 3.10. The van der Waals surface area contributed by atoms with E-state index in [4.69, 9.17) is 4.98 Å². The van der Waals surface area contributed by atoms with Gasteiger partial charge in [0.25, 0.3) is 0 Å². The van der Waals surface area contributed by atoms with Gasteiger partial charge in [-0.05, 0) is 37.6 Å². The molecule has 0 unspecified atom stereocenters. The van der Waals surface area contributed by atoms with Gasteiger partial charge in [0.15, 0.2) is 0 Å². The quantitative estimate of drug-likeness (QED) is 0.540. The third-order valence-corrected chi connectivity index (χ3v) is 5.05. The Labute approximate surface area is 170 Å². The van der Waals surface area contributed by atoms with Crippen LogP contribution in [0.2, 0.25) is 0 Å². The molecule has 0 spiro atoms. The van der Waals surface area contributed by atoms with Crippen molar-refractivity contribution in [1.29, 1.82) is 0 Å². The number of fused-ring (bicyclic) bond motifs is 1. The minimum atomic E-state index is -0.159. The Hall–Kier alpha value is -3.60. The van der Waals surface area contributed by atoms with Crippen LogP contribution in [0.3, 0.4) is 0 Å². The van der Waals surface area contributed by atoms with Crippen molar-refractivity contribution in [2.24, 2.45) is 0 Å². The van der Waals surface area contributed by atoms with Gasteiger partial charge in [0, 0.05) is 24.5 Å². The van der Waals surface area contributed by atoms with Gasteiger partial charge in [-0.3, -0.25) is 4.90 Å². The Kier molecular flexibility index (Phi) is 5.04. The highest BCUT2D eigenvalue weighted by Gasteiger charge is 2.17. The highest BCUT2D eigenvalue weighted by Crippen LogP contribution is 2.25. The molecule has 4 aromatic rings. The van der Waals surface area contributed by atoms with Crippen molar-refractivity contribution in [3.63, 3.8) is 0 Å². The average molecular weight is 384 g/mol. The summed E-state index contributed by atoms with van der Waals surface area (Å²) in [4.78, 5) is 19.2. The fourth-order valence-corrected chi connectivity index (χ4v) is 3.36. The lowest BCUT2D eigenvalue weighted by Gasteiger charge is -2.18. The number of pyridine rings is 1. The summed E-state index contributed by atoms with van der Waals surface area (Å²) in [5.41, 5.74) is 6.94. The Balaban J connectivity index is 1.66. The number of hydrogen-bond acceptors (Lipinski definition) is 2. The van der Waals surface area contributed by atoms with Gasteiger partial charge >= 0.3 is 6.03 Å². The van der Waals surface area contributed by atoms with Crippen LogP contribution in [0.1, 0.15) is 16.8 Å². The zero-order chi connectivity index (χ0) is 20.4. The largest absolute Gasteiger partial charge is 0.332 e. The van der Waals surface area contributed by atoms with Crippen molar-refractivity contribution in [2.75, 3.05) is 11.9 Å². The predicted octanol–water partition coefficient (Wildman–Crippen LogP) is 4.96. The molecule has 5 nitrogen and oxygen atoms in total. The summed E-state index contributed by atoms with van der Waals surface area (Å²) >= 11 is 0. The predicted molar refractivity (Wildman–Crippen MR) is 117 cm³/mol. The number of amides is 2. The van der Waals surface area contributed by atoms with Gasteiger partial charge in [-0.2, -0.15) is 0 Å². The molecule has 2 amide bonds. The molecule has 5 heteroatoms. The molecule has 0 aliphatic rings. The molecule has 0 bridgehead atoms. The summed E-state index contributed by atoms with van der Waals surface area (Å²) in [6, 6.07) is 21.8. The number of nitrogens with one attached hydrogen (secondary N) is 1. The maximum Gasteiger partial charge on any atom is 0.321 e. The maximum atomic E-state index is 12.7. The molecule has 2 heterocycles. The van der Waals surface area contributed by atoms with E-state index in [1.807, 2.05) is 42.5 Å². The second-order valence-electron chi connectivity index (χ2n) is 7.26. The van der Waals surface area contributed by atoms with Crippen molar-refractivity contribution in [1.82, 2.24) is 14.7 Å². The number of nitrogens with zero attached hydrogens (tertiary/aromatic N) is 3. The summed E-state index contributed by atoms with van der Waals surface area (Å²) in [5, 5.41) is 3.04. The highest BCUT2D eigenvalue weighted by atomic mass is 16.2. The first-order valence-corrected chi connectivity index (χ1v) is 9.64. The number of carbonyl (C=O) groups excluding carboxylic acids is 1. The summed E-state index contributed by atoms with van der Waals surface area (Å²) < 4.78 is 2.06. The molecule has 4 rings (SSSR count). The smallest absolute Gasteiger partial charge is 0.321 e. The molecule has 146 valence electrons.